The van der Waals surface area contributed by atoms with E-state index in [4.69, 9.17) is 9.15 Å². The summed E-state index contributed by atoms with van der Waals surface area (Å²) in [7, 11) is 2.43. The standard InChI is InChI=1S/C17H14O5/c1-11-13(10-9-12-7-5-4-6-8-12)14(16(18)20-2)15(22-11)17(19)21-3/h4-8H,1-3H3. The highest BCUT2D eigenvalue weighted by atomic mass is 16.5. The Morgan fingerprint density at radius 2 is 1.64 bits per heavy atom. The Balaban J connectivity index is 2.56. The summed E-state index contributed by atoms with van der Waals surface area (Å²) in [5.41, 5.74) is 1.07. The Labute approximate surface area is 127 Å². The molecule has 1 aromatic carbocycles. The highest BCUT2D eigenvalue weighted by molar-refractivity contribution is 6.03. The summed E-state index contributed by atoms with van der Waals surface area (Å²) in [6, 6.07) is 9.26. The van der Waals surface area contributed by atoms with Crippen LogP contribution in [-0.4, -0.2) is 26.2 Å². The van der Waals surface area contributed by atoms with Crippen molar-refractivity contribution in [2.24, 2.45) is 0 Å². The van der Waals surface area contributed by atoms with Crippen LogP contribution in [0.25, 0.3) is 0 Å². The van der Waals surface area contributed by atoms with E-state index in [0.29, 0.717) is 11.3 Å². The smallest absolute Gasteiger partial charge is 0.374 e. The third kappa shape index (κ3) is 3.01. The highest BCUT2D eigenvalue weighted by Gasteiger charge is 2.28. The van der Waals surface area contributed by atoms with Gasteiger partial charge >= 0.3 is 11.9 Å². The first kappa shape index (κ1) is 15.4. The molecule has 2 rings (SSSR count). The largest absolute Gasteiger partial charge is 0.465 e. The van der Waals surface area contributed by atoms with Gasteiger partial charge in [-0.2, -0.15) is 0 Å². The minimum Gasteiger partial charge on any atom is -0.465 e. The van der Waals surface area contributed by atoms with Crippen molar-refractivity contribution in [2.45, 2.75) is 6.92 Å². The van der Waals surface area contributed by atoms with Gasteiger partial charge in [-0.1, -0.05) is 30.0 Å². The number of methoxy groups -OCH3 is 2. The van der Waals surface area contributed by atoms with Crippen LogP contribution in [0.4, 0.5) is 0 Å². The zero-order valence-electron chi connectivity index (χ0n) is 12.4. The molecule has 0 saturated carbocycles. The van der Waals surface area contributed by atoms with Gasteiger partial charge in [0, 0.05) is 5.56 Å². The number of ether oxygens (including phenoxy) is 2. The molecule has 0 spiro atoms. The van der Waals surface area contributed by atoms with E-state index in [1.54, 1.807) is 6.92 Å². The summed E-state index contributed by atoms with van der Waals surface area (Å²) in [6.07, 6.45) is 0. The summed E-state index contributed by atoms with van der Waals surface area (Å²) in [5.74, 6) is 4.48. The minimum absolute atomic E-state index is 0.0183. The average Bonchev–Trinajstić information content (AvgIpc) is 2.89. The van der Waals surface area contributed by atoms with E-state index < -0.39 is 11.9 Å². The van der Waals surface area contributed by atoms with Gasteiger partial charge in [0.05, 0.1) is 19.8 Å². The van der Waals surface area contributed by atoms with Crippen LogP contribution >= 0.6 is 0 Å². The molecule has 1 aromatic heterocycles. The lowest BCUT2D eigenvalue weighted by molar-refractivity contribution is 0.0527. The van der Waals surface area contributed by atoms with Gasteiger partial charge in [0.25, 0.3) is 0 Å². The second kappa shape index (κ2) is 6.64. The lowest BCUT2D eigenvalue weighted by Crippen LogP contribution is -2.10. The van der Waals surface area contributed by atoms with E-state index in [2.05, 4.69) is 16.6 Å². The first-order chi connectivity index (χ1) is 10.6. The van der Waals surface area contributed by atoms with Crippen LogP contribution in [0, 0.1) is 18.8 Å². The molecule has 0 aliphatic carbocycles. The fourth-order valence-electron chi connectivity index (χ4n) is 1.88. The van der Waals surface area contributed by atoms with Gasteiger partial charge in [-0.05, 0) is 19.1 Å². The molecule has 0 aliphatic rings. The Kier molecular flexibility index (Phi) is 4.64. The zero-order chi connectivity index (χ0) is 16.1. The molecule has 0 radical (unpaired) electrons. The van der Waals surface area contributed by atoms with Gasteiger partial charge in [-0.3, -0.25) is 0 Å². The lowest BCUT2D eigenvalue weighted by atomic mass is 10.1. The van der Waals surface area contributed by atoms with E-state index in [1.165, 1.54) is 14.2 Å². The Morgan fingerprint density at radius 1 is 1.00 bits per heavy atom. The van der Waals surface area contributed by atoms with Crippen LogP contribution in [-0.2, 0) is 9.47 Å². The van der Waals surface area contributed by atoms with Crippen LogP contribution in [0.15, 0.2) is 34.7 Å². The number of benzene rings is 1. The summed E-state index contributed by atoms with van der Waals surface area (Å²) in [4.78, 5) is 23.7. The predicted octanol–water partition coefficient (Wildman–Crippen LogP) is 2.56. The van der Waals surface area contributed by atoms with E-state index in [1.807, 2.05) is 30.3 Å². The number of furan rings is 1. The maximum absolute atomic E-state index is 11.9. The summed E-state index contributed by atoms with van der Waals surface area (Å²) in [6.45, 7) is 1.62. The molecule has 0 atom stereocenters. The Hall–Kier alpha value is -3.00. The SMILES string of the molecule is COC(=O)c1oc(C)c(C#Cc2ccccc2)c1C(=O)OC. The molecule has 0 bridgehead atoms. The number of hydrogen-bond acceptors (Lipinski definition) is 5. The van der Waals surface area contributed by atoms with Crippen LogP contribution < -0.4 is 0 Å². The zero-order valence-corrected chi connectivity index (χ0v) is 12.4. The maximum Gasteiger partial charge on any atom is 0.374 e. The quantitative estimate of drug-likeness (QED) is 0.629. The van der Waals surface area contributed by atoms with Gasteiger partial charge < -0.3 is 13.9 Å². The first-order valence-electron chi connectivity index (χ1n) is 6.45. The van der Waals surface area contributed by atoms with Gasteiger partial charge in [0.2, 0.25) is 5.76 Å². The number of esters is 2. The van der Waals surface area contributed by atoms with Gasteiger partial charge in [-0.25, -0.2) is 9.59 Å². The summed E-state index contributed by atoms with van der Waals surface area (Å²) < 4.78 is 14.6. The van der Waals surface area contributed by atoms with Crippen LogP contribution in [0.3, 0.4) is 0 Å². The van der Waals surface area contributed by atoms with E-state index in [0.717, 1.165) is 5.56 Å². The van der Waals surface area contributed by atoms with Gasteiger partial charge in [0.1, 0.15) is 11.3 Å². The van der Waals surface area contributed by atoms with E-state index >= 15 is 0 Å². The van der Waals surface area contributed by atoms with Crippen molar-refractivity contribution in [3.63, 3.8) is 0 Å². The fourth-order valence-corrected chi connectivity index (χ4v) is 1.88. The Bertz CT molecular complexity index is 760. The maximum atomic E-state index is 11.9. The van der Waals surface area contributed by atoms with Crippen LogP contribution in [0.1, 0.15) is 37.8 Å². The lowest BCUT2D eigenvalue weighted by Gasteiger charge is -1.99. The molecule has 0 aliphatic heterocycles. The number of rotatable bonds is 2. The van der Waals surface area contributed by atoms with Crippen molar-refractivity contribution < 1.29 is 23.5 Å². The molecular weight excluding hydrogens is 284 g/mol. The molecule has 2 aromatic rings. The molecule has 22 heavy (non-hydrogen) atoms. The molecule has 5 heteroatoms. The topological polar surface area (TPSA) is 65.7 Å². The molecule has 0 unspecified atom stereocenters. The fraction of sp³-hybridized carbons (Fsp3) is 0.176. The number of aryl methyl sites for hydroxylation is 1. The van der Waals surface area contributed by atoms with Gasteiger partial charge in [0.15, 0.2) is 0 Å². The van der Waals surface area contributed by atoms with Gasteiger partial charge in [-0.15, -0.1) is 0 Å². The first-order valence-corrected chi connectivity index (χ1v) is 6.45. The normalized spacial score (nSPS) is 9.59. The minimum atomic E-state index is -0.753. The van der Waals surface area contributed by atoms with Crippen molar-refractivity contribution >= 4 is 11.9 Å². The predicted molar refractivity (Wildman–Crippen MR) is 78.5 cm³/mol. The summed E-state index contributed by atoms with van der Waals surface area (Å²) >= 11 is 0. The highest BCUT2D eigenvalue weighted by Crippen LogP contribution is 2.23. The van der Waals surface area contributed by atoms with Crippen LogP contribution in [0.2, 0.25) is 0 Å². The molecule has 0 N–H and O–H groups in total. The van der Waals surface area contributed by atoms with Crippen molar-refractivity contribution in [1.29, 1.82) is 0 Å². The number of carbonyl (C=O) groups is 2. The number of carbonyl (C=O) groups excluding carboxylic acids is 2. The summed E-state index contributed by atoms with van der Waals surface area (Å²) in [5, 5.41) is 0. The third-order valence-corrected chi connectivity index (χ3v) is 2.95. The van der Waals surface area contributed by atoms with Crippen molar-refractivity contribution in [3.05, 3.63) is 58.5 Å². The second-order valence-corrected chi connectivity index (χ2v) is 4.34. The molecule has 1 heterocycles. The molecule has 0 fully saturated rings. The molecule has 0 saturated heterocycles. The second-order valence-electron chi connectivity index (χ2n) is 4.34. The van der Waals surface area contributed by atoms with Crippen molar-refractivity contribution in [2.75, 3.05) is 14.2 Å². The van der Waals surface area contributed by atoms with Crippen LogP contribution in [0.5, 0.6) is 0 Å². The molecule has 0 amide bonds. The molecule has 5 nitrogen and oxygen atoms in total. The van der Waals surface area contributed by atoms with E-state index in [9.17, 15) is 9.59 Å². The molecule has 112 valence electrons. The average molecular weight is 298 g/mol. The molecular formula is C17H14O5. The third-order valence-electron chi connectivity index (χ3n) is 2.95. The Morgan fingerprint density at radius 3 is 2.23 bits per heavy atom. The number of hydrogen-bond donors (Lipinski definition) is 0. The monoisotopic (exact) mass is 298 g/mol. The van der Waals surface area contributed by atoms with E-state index in [-0.39, 0.29) is 11.3 Å². The van der Waals surface area contributed by atoms with Crippen molar-refractivity contribution in [1.82, 2.24) is 0 Å². The van der Waals surface area contributed by atoms with Crippen molar-refractivity contribution in [3.8, 4) is 11.8 Å².